The van der Waals surface area contributed by atoms with Gasteiger partial charge in [-0.05, 0) is 60.4 Å². The van der Waals surface area contributed by atoms with Gasteiger partial charge in [0.05, 0.1) is 40.5 Å². The molecule has 0 aliphatic carbocycles. The van der Waals surface area contributed by atoms with E-state index in [9.17, 15) is 4.79 Å². The van der Waals surface area contributed by atoms with Crippen molar-refractivity contribution >= 4 is 27.9 Å². The number of rotatable bonds is 8. The molecule has 7 heteroatoms. The molecule has 0 aliphatic heterocycles. The second kappa shape index (κ2) is 10.4. The Morgan fingerprint density at radius 3 is 2.61 bits per heavy atom. The van der Waals surface area contributed by atoms with Crippen molar-refractivity contribution in [1.82, 2.24) is 14.8 Å². The summed E-state index contributed by atoms with van der Waals surface area (Å²) in [5, 5.41) is 4.46. The topological polar surface area (TPSA) is 60.2 Å². The molecule has 2 heterocycles. The second-order valence-corrected chi connectivity index (χ2v) is 8.44. The SMILES string of the molecule is CCOC(=O)c1ccccc1Cc1c(CN(Br)c2ncccc2C)cccc1-n1cccn1. The van der Waals surface area contributed by atoms with Gasteiger partial charge in [0.15, 0.2) is 0 Å². The molecule has 0 radical (unpaired) electrons. The molecule has 4 rings (SSSR count). The minimum Gasteiger partial charge on any atom is -0.462 e. The molecule has 0 bridgehead atoms. The fraction of sp³-hybridized carbons (Fsp3) is 0.192. The summed E-state index contributed by atoms with van der Waals surface area (Å²) in [7, 11) is 0. The third kappa shape index (κ3) is 5.14. The van der Waals surface area contributed by atoms with Crippen molar-refractivity contribution < 1.29 is 9.53 Å². The maximum absolute atomic E-state index is 12.6. The lowest BCUT2D eigenvalue weighted by atomic mass is 9.94. The third-order valence-corrected chi connectivity index (χ3v) is 5.99. The monoisotopic (exact) mass is 504 g/mol. The maximum Gasteiger partial charge on any atom is 0.338 e. The summed E-state index contributed by atoms with van der Waals surface area (Å²) in [5.74, 6) is 0.553. The number of anilines is 1. The summed E-state index contributed by atoms with van der Waals surface area (Å²) in [6, 6.07) is 19.6. The average Bonchev–Trinajstić information content (AvgIpc) is 3.35. The minimum absolute atomic E-state index is 0.308. The first-order valence-corrected chi connectivity index (χ1v) is 11.5. The van der Waals surface area contributed by atoms with E-state index in [1.165, 1.54) is 0 Å². The van der Waals surface area contributed by atoms with Crippen LogP contribution < -0.4 is 3.93 Å². The Labute approximate surface area is 202 Å². The summed E-state index contributed by atoms with van der Waals surface area (Å²) < 4.78 is 9.12. The largest absolute Gasteiger partial charge is 0.462 e. The Balaban J connectivity index is 1.77. The van der Waals surface area contributed by atoms with Gasteiger partial charge < -0.3 is 4.74 Å². The zero-order valence-corrected chi connectivity index (χ0v) is 20.2. The number of aryl methyl sites for hydroxylation is 1. The van der Waals surface area contributed by atoms with E-state index in [4.69, 9.17) is 4.74 Å². The van der Waals surface area contributed by atoms with E-state index in [-0.39, 0.29) is 5.97 Å². The van der Waals surface area contributed by atoms with Crippen LogP contribution in [0.1, 0.15) is 39.5 Å². The number of pyridine rings is 1. The van der Waals surface area contributed by atoms with Crippen molar-refractivity contribution in [2.75, 3.05) is 10.5 Å². The number of carbonyl (C=O) groups excluding carboxylic acids is 1. The first-order chi connectivity index (χ1) is 16.1. The number of hydrogen-bond acceptors (Lipinski definition) is 5. The number of nitrogens with zero attached hydrogens (tertiary/aromatic N) is 4. The first-order valence-electron chi connectivity index (χ1n) is 10.8. The molecule has 0 atom stereocenters. The van der Waals surface area contributed by atoms with Crippen molar-refractivity contribution in [3.63, 3.8) is 0 Å². The smallest absolute Gasteiger partial charge is 0.338 e. The van der Waals surface area contributed by atoms with Crippen molar-refractivity contribution in [1.29, 1.82) is 0 Å². The van der Waals surface area contributed by atoms with E-state index in [1.807, 2.05) is 83.2 Å². The Kier molecular flexibility index (Phi) is 7.19. The molecule has 4 aromatic rings. The fourth-order valence-corrected chi connectivity index (χ4v) is 4.47. The molecule has 0 fully saturated rings. The van der Waals surface area contributed by atoms with Gasteiger partial charge in [0.25, 0.3) is 0 Å². The normalized spacial score (nSPS) is 10.8. The van der Waals surface area contributed by atoms with Gasteiger partial charge in [-0.25, -0.2) is 14.5 Å². The molecule has 2 aromatic carbocycles. The molecule has 0 unspecified atom stereocenters. The number of benzene rings is 2. The van der Waals surface area contributed by atoms with Crippen LogP contribution in [0.3, 0.4) is 0 Å². The van der Waals surface area contributed by atoms with Gasteiger partial charge in [-0.15, -0.1) is 0 Å². The van der Waals surface area contributed by atoms with Gasteiger partial charge in [-0.3, -0.25) is 3.93 Å². The van der Waals surface area contributed by atoms with Crippen molar-refractivity contribution in [3.8, 4) is 5.69 Å². The van der Waals surface area contributed by atoms with E-state index in [0.29, 0.717) is 25.1 Å². The highest BCUT2D eigenvalue weighted by molar-refractivity contribution is 9.10. The molecule has 168 valence electrons. The van der Waals surface area contributed by atoms with Gasteiger partial charge >= 0.3 is 5.97 Å². The number of aromatic nitrogens is 3. The van der Waals surface area contributed by atoms with Crippen LogP contribution in [0.15, 0.2) is 79.3 Å². The Hall–Kier alpha value is -3.45. The van der Waals surface area contributed by atoms with Crippen molar-refractivity contribution in [3.05, 3.63) is 107 Å². The van der Waals surface area contributed by atoms with Crippen LogP contribution in [0.2, 0.25) is 0 Å². The van der Waals surface area contributed by atoms with Crippen LogP contribution in [-0.4, -0.2) is 27.3 Å². The maximum atomic E-state index is 12.6. The summed E-state index contributed by atoms with van der Waals surface area (Å²) >= 11 is 3.70. The van der Waals surface area contributed by atoms with E-state index in [1.54, 1.807) is 12.4 Å². The lowest BCUT2D eigenvalue weighted by Crippen LogP contribution is -2.16. The predicted octanol–water partition coefficient (Wildman–Crippen LogP) is 5.66. The van der Waals surface area contributed by atoms with Gasteiger partial charge in [-0.2, -0.15) is 5.10 Å². The van der Waals surface area contributed by atoms with Gasteiger partial charge in [0.2, 0.25) is 0 Å². The van der Waals surface area contributed by atoms with E-state index in [0.717, 1.165) is 33.8 Å². The van der Waals surface area contributed by atoms with Crippen LogP contribution in [0.4, 0.5) is 5.82 Å². The number of hydrogen-bond donors (Lipinski definition) is 0. The summed E-state index contributed by atoms with van der Waals surface area (Å²) in [6.45, 7) is 4.78. The van der Waals surface area contributed by atoms with Gasteiger partial charge in [0.1, 0.15) is 5.82 Å². The number of carbonyl (C=O) groups is 1. The van der Waals surface area contributed by atoms with Crippen LogP contribution in [-0.2, 0) is 17.7 Å². The molecule has 33 heavy (non-hydrogen) atoms. The highest BCUT2D eigenvalue weighted by Crippen LogP contribution is 2.28. The molecule has 2 aromatic heterocycles. The van der Waals surface area contributed by atoms with Crippen LogP contribution >= 0.6 is 16.1 Å². The third-order valence-electron chi connectivity index (χ3n) is 5.40. The molecule has 0 saturated heterocycles. The summed E-state index contributed by atoms with van der Waals surface area (Å²) in [4.78, 5) is 17.1. The first kappa shape index (κ1) is 22.7. The quantitative estimate of drug-likeness (QED) is 0.229. The van der Waals surface area contributed by atoms with Crippen LogP contribution in [0.25, 0.3) is 5.69 Å². The number of halogens is 1. The Bertz CT molecular complexity index is 1240. The van der Waals surface area contributed by atoms with Gasteiger partial charge in [0, 0.05) is 25.0 Å². The number of esters is 1. The summed E-state index contributed by atoms with van der Waals surface area (Å²) in [6.07, 6.45) is 6.03. The van der Waals surface area contributed by atoms with Crippen molar-refractivity contribution in [2.24, 2.45) is 0 Å². The summed E-state index contributed by atoms with van der Waals surface area (Å²) in [5.41, 5.74) is 5.71. The van der Waals surface area contributed by atoms with Crippen LogP contribution in [0.5, 0.6) is 0 Å². The molecule has 0 aliphatic rings. The molecule has 6 nitrogen and oxygen atoms in total. The highest BCUT2D eigenvalue weighted by atomic mass is 79.9. The zero-order chi connectivity index (χ0) is 23.2. The predicted molar refractivity (Wildman–Crippen MR) is 133 cm³/mol. The standard InChI is InChI=1S/C26H25BrN4O2/c1-3-33-26(32)22-12-5-4-10-20(22)17-23-21(11-6-13-24(23)31-16-8-15-29-31)18-30(27)25-19(2)9-7-14-28-25/h4-16H,3,17-18H2,1-2H3. The molecular formula is C26H25BrN4O2. The fourth-order valence-electron chi connectivity index (χ4n) is 3.83. The van der Waals surface area contributed by atoms with Crippen molar-refractivity contribution in [2.45, 2.75) is 26.8 Å². The Morgan fingerprint density at radius 1 is 1.03 bits per heavy atom. The minimum atomic E-state index is -0.308. The van der Waals surface area contributed by atoms with E-state index in [2.05, 4.69) is 32.3 Å². The lowest BCUT2D eigenvalue weighted by Gasteiger charge is -2.21. The Morgan fingerprint density at radius 2 is 1.85 bits per heavy atom. The zero-order valence-electron chi connectivity index (χ0n) is 18.6. The molecule has 0 N–H and O–H groups in total. The van der Waals surface area contributed by atoms with E-state index < -0.39 is 0 Å². The highest BCUT2D eigenvalue weighted by Gasteiger charge is 2.18. The average molecular weight is 505 g/mol. The molecule has 0 spiro atoms. The lowest BCUT2D eigenvalue weighted by molar-refractivity contribution is 0.0525. The number of ether oxygens (including phenoxy) is 1. The molecule has 0 amide bonds. The second-order valence-electron chi connectivity index (χ2n) is 7.58. The van der Waals surface area contributed by atoms with E-state index >= 15 is 0 Å². The van der Waals surface area contributed by atoms with Gasteiger partial charge in [-0.1, -0.05) is 36.4 Å². The molecular weight excluding hydrogens is 480 g/mol. The van der Waals surface area contributed by atoms with Crippen LogP contribution in [0, 0.1) is 6.92 Å². The molecule has 0 saturated carbocycles.